The van der Waals surface area contributed by atoms with E-state index in [1.54, 1.807) is 7.11 Å². The van der Waals surface area contributed by atoms with Crippen LogP contribution in [0.15, 0.2) is 83.3 Å². The quantitative estimate of drug-likeness (QED) is 0.368. The van der Waals surface area contributed by atoms with Gasteiger partial charge in [-0.15, -0.1) is 0 Å². The Morgan fingerprint density at radius 2 is 1.60 bits per heavy atom. The summed E-state index contributed by atoms with van der Waals surface area (Å²) in [5, 5.41) is 0.843. The third kappa shape index (κ3) is 4.46. The summed E-state index contributed by atoms with van der Waals surface area (Å²) in [6.45, 7) is 0.463. The normalized spacial score (nSPS) is 10.7. The molecule has 0 aliphatic heterocycles. The number of carbonyl (C=O) groups excluding carboxylic acids is 1. The van der Waals surface area contributed by atoms with E-state index in [1.165, 1.54) is 0 Å². The molecule has 0 atom stereocenters. The van der Waals surface area contributed by atoms with Crippen LogP contribution in [-0.4, -0.2) is 19.7 Å². The second-order valence-electron chi connectivity index (χ2n) is 6.74. The van der Waals surface area contributed by atoms with Gasteiger partial charge in [0.1, 0.15) is 23.7 Å². The van der Waals surface area contributed by atoms with Crippen LogP contribution in [0.2, 0.25) is 0 Å². The largest absolute Gasteiger partial charge is 0.497 e. The number of furan rings is 1. The minimum absolute atomic E-state index is 0.182. The fourth-order valence-corrected chi connectivity index (χ4v) is 3.20. The van der Waals surface area contributed by atoms with Crippen LogP contribution in [0.3, 0.4) is 0 Å². The fraction of sp³-hybridized carbons (Fsp3) is 0.160. The van der Waals surface area contributed by atoms with Gasteiger partial charge in [0.25, 0.3) is 0 Å². The zero-order valence-corrected chi connectivity index (χ0v) is 16.7. The van der Waals surface area contributed by atoms with Crippen molar-refractivity contribution in [3.8, 4) is 11.5 Å². The second kappa shape index (κ2) is 9.18. The molecule has 0 saturated carbocycles. The second-order valence-corrected chi connectivity index (χ2v) is 6.74. The molecule has 5 heteroatoms. The highest BCUT2D eigenvalue weighted by atomic mass is 16.5. The smallest absolute Gasteiger partial charge is 0.374 e. The molecule has 0 bridgehead atoms. The van der Waals surface area contributed by atoms with Crippen molar-refractivity contribution in [2.45, 2.75) is 13.0 Å². The fourth-order valence-electron chi connectivity index (χ4n) is 3.20. The van der Waals surface area contributed by atoms with Crippen molar-refractivity contribution < 1.29 is 23.4 Å². The molecule has 0 aliphatic rings. The maximum atomic E-state index is 12.7. The summed E-state index contributed by atoms with van der Waals surface area (Å²) in [5.74, 6) is 1.20. The molecule has 0 spiro atoms. The third-order valence-electron chi connectivity index (χ3n) is 4.79. The molecule has 0 N–H and O–H groups in total. The molecule has 1 heterocycles. The molecular formula is C25H22O5. The van der Waals surface area contributed by atoms with Crippen molar-refractivity contribution in [2.24, 2.45) is 0 Å². The molecule has 0 radical (unpaired) electrons. The molecule has 0 saturated heterocycles. The Morgan fingerprint density at radius 3 is 2.37 bits per heavy atom. The van der Waals surface area contributed by atoms with Crippen molar-refractivity contribution in [1.82, 2.24) is 0 Å². The summed E-state index contributed by atoms with van der Waals surface area (Å²) < 4.78 is 22.3. The van der Waals surface area contributed by atoms with E-state index in [1.807, 2.05) is 78.9 Å². The molecule has 1 aromatic heterocycles. The number of para-hydroxylation sites is 2. The summed E-state index contributed by atoms with van der Waals surface area (Å²) in [6, 6.07) is 24.6. The average molecular weight is 402 g/mol. The standard InChI is InChI=1S/C25H22O5/c1-27-19-13-11-18(12-14-19)15-16-28-25(26)24-22(17-29-20-7-3-2-4-8-20)21-9-5-6-10-23(21)30-24/h2-14H,15-17H2,1H3. The lowest BCUT2D eigenvalue weighted by atomic mass is 10.1. The monoisotopic (exact) mass is 402 g/mol. The highest BCUT2D eigenvalue weighted by molar-refractivity contribution is 5.96. The van der Waals surface area contributed by atoms with Crippen LogP contribution >= 0.6 is 0 Å². The Labute approximate surface area is 174 Å². The van der Waals surface area contributed by atoms with Gasteiger partial charge in [-0.3, -0.25) is 0 Å². The molecule has 5 nitrogen and oxygen atoms in total. The van der Waals surface area contributed by atoms with Crippen molar-refractivity contribution in [3.05, 3.63) is 95.7 Å². The minimum Gasteiger partial charge on any atom is -0.497 e. The molecule has 0 fully saturated rings. The Bertz CT molecular complexity index is 1110. The van der Waals surface area contributed by atoms with Crippen molar-refractivity contribution in [3.63, 3.8) is 0 Å². The van der Waals surface area contributed by atoms with Gasteiger partial charge in [0.05, 0.1) is 19.3 Å². The van der Waals surface area contributed by atoms with Gasteiger partial charge < -0.3 is 18.6 Å². The molecule has 0 aliphatic carbocycles. The number of esters is 1. The average Bonchev–Trinajstić information content (AvgIpc) is 3.17. The van der Waals surface area contributed by atoms with E-state index in [9.17, 15) is 4.79 Å². The molecule has 4 aromatic rings. The Balaban J connectivity index is 1.47. The Hall–Kier alpha value is -3.73. The van der Waals surface area contributed by atoms with E-state index in [4.69, 9.17) is 18.6 Å². The first-order valence-corrected chi connectivity index (χ1v) is 9.73. The summed E-state index contributed by atoms with van der Waals surface area (Å²) in [6.07, 6.45) is 0.603. The highest BCUT2D eigenvalue weighted by Crippen LogP contribution is 2.28. The topological polar surface area (TPSA) is 57.9 Å². The van der Waals surface area contributed by atoms with Crippen LogP contribution in [0, 0.1) is 0 Å². The predicted octanol–water partition coefficient (Wildman–Crippen LogP) is 5.42. The first kappa shape index (κ1) is 19.6. The summed E-state index contributed by atoms with van der Waals surface area (Å²) >= 11 is 0. The summed E-state index contributed by atoms with van der Waals surface area (Å²) in [7, 11) is 1.63. The molecule has 152 valence electrons. The van der Waals surface area contributed by atoms with Gasteiger partial charge >= 0.3 is 5.97 Å². The number of rotatable bonds is 8. The molecule has 4 rings (SSSR count). The maximum Gasteiger partial charge on any atom is 0.374 e. The zero-order chi connectivity index (χ0) is 20.8. The van der Waals surface area contributed by atoms with Crippen LogP contribution in [0.5, 0.6) is 11.5 Å². The number of fused-ring (bicyclic) bond motifs is 1. The van der Waals surface area contributed by atoms with E-state index < -0.39 is 5.97 Å². The zero-order valence-electron chi connectivity index (χ0n) is 16.7. The molecule has 30 heavy (non-hydrogen) atoms. The van der Waals surface area contributed by atoms with Crippen molar-refractivity contribution in [1.29, 1.82) is 0 Å². The van der Waals surface area contributed by atoms with Crippen LogP contribution in [0.25, 0.3) is 11.0 Å². The van der Waals surface area contributed by atoms with Gasteiger partial charge in [-0.1, -0.05) is 48.5 Å². The minimum atomic E-state index is -0.494. The van der Waals surface area contributed by atoms with E-state index in [0.29, 0.717) is 17.6 Å². The Morgan fingerprint density at radius 1 is 0.867 bits per heavy atom. The Kier molecular flexibility index (Phi) is 5.99. The van der Waals surface area contributed by atoms with Crippen molar-refractivity contribution in [2.75, 3.05) is 13.7 Å². The van der Waals surface area contributed by atoms with Crippen molar-refractivity contribution >= 4 is 16.9 Å². The number of hydrogen-bond donors (Lipinski definition) is 0. The van der Waals surface area contributed by atoms with Gasteiger partial charge in [0.2, 0.25) is 5.76 Å². The molecular weight excluding hydrogens is 380 g/mol. The SMILES string of the molecule is COc1ccc(CCOC(=O)c2oc3ccccc3c2COc2ccccc2)cc1. The third-order valence-corrected chi connectivity index (χ3v) is 4.79. The molecule has 0 amide bonds. The number of carbonyl (C=O) groups is 1. The lowest BCUT2D eigenvalue weighted by molar-refractivity contribution is 0.0471. The van der Waals surface area contributed by atoms with Gasteiger partial charge in [-0.2, -0.15) is 0 Å². The predicted molar refractivity (Wildman–Crippen MR) is 114 cm³/mol. The van der Waals surface area contributed by atoms with Gasteiger partial charge in [-0.25, -0.2) is 4.79 Å². The molecule has 0 unspecified atom stereocenters. The number of hydrogen-bond acceptors (Lipinski definition) is 5. The lowest BCUT2D eigenvalue weighted by Crippen LogP contribution is -2.10. The van der Waals surface area contributed by atoms with E-state index in [-0.39, 0.29) is 19.0 Å². The van der Waals surface area contributed by atoms with Crippen LogP contribution in [0.4, 0.5) is 0 Å². The van der Waals surface area contributed by atoms with Gasteiger partial charge in [-0.05, 0) is 35.9 Å². The van der Waals surface area contributed by atoms with E-state index >= 15 is 0 Å². The number of benzene rings is 3. The number of methoxy groups -OCH3 is 1. The maximum absolute atomic E-state index is 12.7. The van der Waals surface area contributed by atoms with Crippen LogP contribution < -0.4 is 9.47 Å². The summed E-state index contributed by atoms with van der Waals surface area (Å²) in [4.78, 5) is 12.7. The van der Waals surface area contributed by atoms with Crippen LogP contribution in [0.1, 0.15) is 21.7 Å². The highest BCUT2D eigenvalue weighted by Gasteiger charge is 2.22. The van der Waals surface area contributed by atoms with Gasteiger partial charge in [0, 0.05) is 11.8 Å². The molecule has 3 aromatic carbocycles. The van der Waals surface area contributed by atoms with E-state index in [0.717, 1.165) is 22.4 Å². The summed E-state index contributed by atoms with van der Waals surface area (Å²) in [5.41, 5.74) is 2.37. The van der Waals surface area contributed by atoms with E-state index in [2.05, 4.69) is 0 Å². The first-order valence-electron chi connectivity index (χ1n) is 9.73. The van der Waals surface area contributed by atoms with Crippen LogP contribution in [-0.2, 0) is 17.8 Å². The first-order chi connectivity index (χ1) is 14.7. The van der Waals surface area contributed by atoms with Gasteiger partial charge in [0.15, 0.2) is 0 Å². The lowest BCUT2D eigenvalue weighted by Gasteiger charge is -2.08. The number of ether oxygens (including phenoxy) is 3.